The van der Waals surface area contributed by atoms with Crippen molar-refractivity contribution in [2.24, 2.45) is 0 Å². The summed E-state index contributed by atoms with van der Waals surface area (Å²) in [5.41, 5.74) is 1.89. The molecule has 0 bridgehead atoms. The SMILES string of the molecule is COc1ccc(-c2cnc(Cl)nc2)cc1OC1CCCC1. The first kappa shape index (κ1) is 14.1. The van der Waals surface area contributed by atoms with Crippen LogP contribution in [0, 0.1) is 0 Å². The smallest absolute Gasteiger partial charge is 0.222 e. The van der Waals surface area contributed by atoms with Crippen molar-refractivity contribution in [2.45, 2.75) is 31.8 Å². The van der Waals surface area contributed by atoms with Gasteiger partial charge < -0.3 is 9.47 Å². The van der Waals surface area contributed by atoms with E-state index >= 15 is 0 Å². The van der Waals surface area contributed by atoms with Crippen LogP contribution in [0.25, 0.3) is 11.1 Å². The van der Waals surface area contributed by atoms with E-state index in [1.165, 1.54) is 12.8 Å². The van der Waals surface area contributed by atoms with Gasteiger partial charge in [-0.3, -0.25) is 0 Å². The third kappa shape index (κ3) is 3.27. The average Bonchev–Trinajstić information content (AvgIpc) is 3.01. The quantitative estimate of drug-likeness (QED) is 0.797. The molecule has 110 valence electrons. The lowest BCUT2D eigenvalue weighted by Crippen LogP contribution is -2.11. The van der Waals surface area contributed by atoms with Crippen molar-refractivity contribution in [2.75, 3.05) is 7.11 Å². The topological polar surface area (TPSA) is 44.2 Å². The first-order valence-electron chi connectivity index (χ1n) is 7.09. The molecule has 4 nitrogen and oxygen atoms in total. The second-order valence-electron chi connectivity index (χ2n) is 5.13. The molecule has 1 aromatic carbocycles. The number of hydrogen-bond acceptors (Lipinski definition) is 4. The predicted octanol–water partition coefficient (Wildman–Crippen LogP) is 4.13. The highest BCUT2D eigenvalue weighted by Crippen LogP contribution is 2.35. The van der Waals surface area contributed by atoms with Gasteiger partial charge in [0.1, 0.15) is 0 Å². The standard InChI is InChI=1S/C16H17ClN2O2/c1-20-14-7-6-11(12-9-18-16(17)19-10-12)8-15(14)21-13-4-2-3-5-13/h6-10,13H,2-5H2,1H3. The zero-order valence-electron chi connectivity index (χ0n) is 11.9. The molecule has 0 amide bonds. The van der Waals surface area contributed by atoms with E-state index in [4.69, 9.17) is 21.1 Å². The fourth-order valence-electron chi connectivity index (χ4n) is 2.60. The summed E-state index contributed by atoms with van der Waals surface area (Å²) in [5, 5.41) is 0.245. The van der Waals surface area contributed by atoms with Crippen molar-refractivity contribution in [3.63, 3.8) is 0 Å². The fraction of sp³-hybridized carbons (Fsp3) is 0.375. The Bertz CT molecular complexity index is 610. The minimum atomic E-state index is 0.245. The molecule has 0 atom stereocenters. The summed E-state index contributed by atoms with van der Waals surface area (Å²) in [6, 6.07) is 5.85. The normalized spacial score (nSPS) is 15.1. The van der Waals surface area contributed by atoms with Crippen LogP contribution in [0.1, 0.15) is 25.7 Å². The van der Waals surface area contributed by atoms with E-state index in [1.807, 2.05) is 18.2 Å². The number of methoxy groups -OCH3 is 1. The molecule has 0 unspecified atom stereocenters. The molecule has 0 spiro atoms. The van der Waals surface area contributed by atoms with Crippen LogP contribution in [-0.4, -0.2) is 23.2 Å². The molecule has 1 aliphatic carbocycles. The Morgan fingerprint density at radius 1 is 1.05 bits per heavy atom. The van der Waals surface area contributed by atoms with Gasteiger partial charge in [-0.1, -0.05) is 6.07 Å². The Labute approximate surface area is 129 Å². The summed E-state index contributed by atoms with van der Waals surface area (Å²) in [6.45, 7) is 0. The first-order chi connectivity index (χ1) is 10.3. The predicted molar refractivity (Wildman–Crippen MR) is 81.9 cm³/mol. The molecular weight excluding hydrogens is 288 g/mol. The fourth-order valence-corrected chi connectivity index (χ4v) is 2.69. The van der Waals surface area contributed by atoms with Crippen LogP contribution in [0.5, 0.6) is 11.5 Å². The van der Waals surface area contributed by atoms with Gasteiger partial charge in [-0.2, -0.15) is 0 Å². The highest BCUT2D eigenvalue weighted by Gasteiger charge is 2.18. The lowest BCUT2D eigenvalue weighted by atomic mass is 10.1. The molecule has 1 aromatic heterocycles. The molecule has 1 saturated carbocycles. The van der Waals surface area contributed by atoms with E-state index in [2.05, 4.69) is 9.97 Å². The van der Waals surface area contributed by atoms with Gasteiger partial charge in [0.2, 0.25) is 5.28 Å². The van der Waals surface area contributed by atoms with Gasteiger partial charge in [-0.25, -0.2) is 9.97 Å². The van der Waals surface area contributed by atoms with Crippen molar-refractivity contribution in [3.8, 4) is 22.6 Å². The maximum Gasteiger partial charge on any atom is 0.222 e. The van der Waals surface area contributed by atoms with E-state index < -0.39 is 0 Å². The van der Waals surface area contributed by atoms with E-state index in [0.717, 1.165) is 35.5 Å². The van der Waals surface area contributed by atoms with Gasteiger partial charge in [-0.15, -0.1) is 0 Å². The lowest BCUT2D eigenvalue weighted by molar-refractivity contribution is 0.201. The zero-order chi connectivity index (χ0) is 14.7. The monoisotopic (exact) mass is 304 g/mol. The number of halogens is 1. The Hall–Kier alpha value is -1.81. The van der Waals surface area contributed by atoms with Gasteiger partial charge in [-0.05, 0) is 55.0 Å². The lowest BCUT2D eigenvalue weighted by Gasteiger charge is -2.16. The van der Waals surface area contributed by atoms with Crippen molar-refractivity contribution < 1.29 is 9.47 Å². The van der Waals surface area contributed by atoms with Gasteiger partial charge >= 0.3 is 0 Å². The van der Waals surface area contributed by atoms with Crippen LogP contribution >= 0.6 is 11.6 Å². The van der Waals surface area contributed by atoms with E-state index in [9.17, 15) is 0 Å². The van der Waals surface area contributed by atoms with Crippen molar-refractivity contribution in [3.05, 3.63) is 35.9 Å². The van der Waals surface area contributed by atoms with E-state index in [0.29, 0.717) is 0 Å². The molecule has 5 heteroatoms. The van der Waals surface area contributed by atoms with Crippen molar-refractivity contribution in [1.82, 2.24) is 9.97 Å². The second-order valence-corrected chi connectivity index (χ2v) is 5.47. The molecule has 0 radical (unpaired) electrons. The zero-order valence-corrected chi connectivity index (χ0v) is 12.6. The molecule has 0 aliphatic heterocycles. The summed E-state index contributed by atoms with van der Waals surface area (Å²) >= 11 is 5.72. The molecule has 1 fully saturated rings. The maximum atomic E-state index is 6.09. The molecule has 2 aromatic rings. The highest BCUT2D eigenvalue weighted by molar-refractivity contribution is 6.28. The van der Waals surface area contributed by atoms with E-state index in [1.54, 1.807) is 19.5 Å². The van der Waals surface area contributed by atoms with Gasteiger partial charge in [0.25, 0.3) is 0 Å². The summed E-state index contributed by atoms with van der Waals surface area (Å²) in [5.74, 6) is 1.53. The number of aromatic nitrogens is 2. The van der Waals surface area contributed by atoms with Crippen LogP contribution in [0.15, 0.2) is 30.6 Å². The number of benzene rings is 1. The second kappa shape index (κ2) is 6.31. The Balaban J connectivity index is 1.89. The van der Waals surface area contributed by atoms with Crippen LogP contribution < -0.4 is 9.47 Å². The van der Waals surface area contributed by atoms with Gasteiger partial charge in [0.05, 0.1) is 13.2 Å². The minimum Gasteiger partial charge on any atom is -0.493 e. The molecule has 1 aliphatic rings. The van der Waals surface area contributed by atoms with Crippen LogP contribution in [0.4, 0.5) is 0 Å². The van der Waals surface area contributed by atoms with Crippen molar-refractivity contribution >= 4 is 11.6 Å². The summed E-state index contributed by atoms with van der Waals surface area (Å²) in [6.07, 6.45) is 8.38. The Morgan fingerprint density at radius 3 is 2.43 bits per heavy atom. The van der Waals surface area contributed by atoms with Crippen LogP contribution in [0.2, 0.25) is 5.28 Å². The van der Waals surface area contributed by atoms with Crippen molar-refractivity contribution in [1.29, 1.82) is 0 Å². The maximum absolute atomic E-state index is 6.09. The van der Waals surface area contributed by atoms with E-state index in [-0.39, 0.29) is 11.4 Å². The summed E-state index contributed by atoms with van der Waals surface area (Å²) in [4.78, 5) is 8.03. The Morgan fingerprint density at radius 2 is 1.76 bits per heavy atom. The number of hydrogen-bond donors (Lipinski definition) is 0. The van der Waals surface area contributed by atoms with Crippen LogP contribution in [-0.2, 0) is 0 Å². The Kier molecular flexibility index (Phi) is 4.25. The highest BCUT2D eigenvalue weighted by atomic mass is 35.5. The molecule has 0 saturated heterocycles. The summed E-state index contributed by atoms with van der Waals surface area (Å²) < 4.78 is 11.5. The third-order valence-electron chi connectivity index (χ3n) is 3.71. The van der Waals surface area contributed by atoms with Gasteiger partial charge in [0.15, 0.2) is 11.5 Å². The molecule has 21 heavy (non-hydrogen) atoms. The third-order valence-corrected chi connectivity index (χ3v) is 3.91. The number of ether oxygens (including phenoxy) is 2. The molecule has 1 heterocycles. The summed E-state index contributed by atoms with van der Waals surface area (Å²) in [7, 11) is 1.65. The minimum absolute atomic E-state index is 0.245. The largest absolute Gasteiger partial charge is 0.493 e. The molecule has 3 rings (SSSR count). The first-order valence-corrected chi connectivity index (χ1v) is 7.46. The molecular formula is C16H17ClN2O2. The van der Waals surface area contributed by atoms with Crippen LogP contribution in [0.3, 0.4) is 0 Å². The number of rotatable bonds is 4. The molecule has 0 N–H and O–H groups in total. The van der Waals surface area contributed by atoms with Gasteiger partial charge in [0, 0.05) is 18.0 Å². The number of nitrogens with zero attached hydrogens (tertiary/aromatic N) is 2. The average molecular weight is 305 g/mol.